The normalized spacial score (nSPS) is 11.1. The van der Waals surface area contributed by atoms with E-state index < -0.39 is 6.04 Å². The second kappa shape index (κ2) is 10.4. The summed E-state index contributed by atoms with van der Waals surface area (Å²) in [5.41, 5.74) is 8.59. The molecule has 0 spiro atoms. The van der Waals surface area contributed by atoms with Crippen LogP contribution in [0.3, 0.4) is 0 Å². The lowest BCUT2D eigenvalue weighted by Gasteiger charge is -2.20. The lowest BCUT2D eigenvalue weighted by Crippen LogP contribution is -2.23. The number of benzene rings is 2. The van der Waals surface area contributed by atoms with Gasteiger partial charge in [0.1, 0.15) is 11.6 Å². The number of nitrogens with two attached hydrogens (primary N) is 1. The van der Waals surface area contributed by atoms with Crippen LogP contribution >= 0.6 is 12.4 Å². The highest BCUT2D eigenvalue weighted by molar-refractivity contribution is 5.95. The van der Waals surface area contributed by atoms with Crippen LogP contribution in [0, 0.1) is 12.3 Å². The van der Waals surface area contributed by atoms with Crippen molar-refractivity contribution in [2.24, 2.45) is 5.73 Å². The first kappa shape index (κ1) is 22.3. The molecular formula is C20H26ClN3O3. The molecule has 27 heavy (non-hydrogen) atoms. The minimum absolute atomic E-state index is 0. The fourth-order valence-corrected chi connectivity index (χ4v) is 2.61. The molecule has 0 aromatic heterocycles. The zero-order chi connectivity index (χ0) is 19.1. The van der Waals surface area contributed by atoms with Crippen molar-refractivity contribution in [1.82, 2.24) is 0 Å². The maximum atomic E-state index is 12.5. The van der Waals surface area contributed by atoms with Crippen LogP contribution in [0.2, 0.25) is 0 Å². The average molecular weight is 392 g/mol. The SMILES string of the molecule is CCOC(=O)C(Nc1ccc(C(=N)N)cc1)c1cc(C)cc(OCC)c1.Cl. The van der Waals surface area contributed by atoms with Crippen LogP contribution in [-0.2, 0) is 9.53 Å². The molecule has 6 nitrogen and oxygen atoms in total. The molecule has 1 atom stereocenters. The van der Waals surface area contributed by atoms with Crippen LogP contribution in [0.25, 0.3) is 0 Å². The number of amidine groups is 1. The molecular weight excluding hydrogens is 366 g/mol. The number of halogens is 1. The minimum atomic E-state index is -0.669. The summed E-state index contributed by atoms with van der Waals surface area (Å²) in [7, 11) is 0. The monoisotopic (exact) mass is 391 g/mol. The van der Waals surface area contributed by atoms with Gasteiger partial charge in [0.05, 0.1) is 13.2 Å². The lowest BCUT2D eigenvalue weighted by molar-refractivity contribution is -0.144. The molecule has 0 saturated carbocycles. The summed E-state index contributed by atoms with van der Waals surface area (Å²) in [6, 6.07) is 12.1. The Morgan fingerprint density at radius 2 is 1.81 bits per heavy atom. The first-order valence-electron chi connectivity index (χ1n) is 8.56. The van der Waals surface area contributed by atoms with Gasteiger partial charge < -0.3 is 20.5 Å². The number of nitrogen functional groups attached to an aromatic ring is 1. The van der Waals surface area contributed by atoms with Gasteiger partial charge in [-0.1, -0.05) is 6.07 Å². The molecule has 0 radical (unpaired) electrons. The van der Waals surface area contributed by atoms with Crippen LogP contribution < -0.4 is 15.8 Å². The molecule has 0 aliphatic heterocycles. The highest BCUT2D eigenvalue weighted by Gasteiger charge is 2.23. The van der Waals surface area contributed by atoms with Gasteiger partial charge in [0.25, 0.3) is 0 Å². The molecule has 0 bridgehead atoms. The highest BCUT2D eigenvalue weighted by atomic mass is 35.5. The lowest BCUT2D eigenvalue weighted by atomic mass is 10.0. The summed E-state index contributed by atoms with van der Waals surface area (Å²) >= 11 is 0. The van der Waals surface area contributed by atoms with E-state index in [0.717, 1.165) is 16.8 Å². The molecule has 2 aromatic rings. The summed E-state index contributed by atoms with van der Waals surface area (Å²) in [6.45, 7) is 6.49. The Kier molecular flexibility index (Phi) is 8.62. The first-order chi connectivity index (χ1) is 12.4. The first-order valence-corrected chi connectivity index (χ1v) is 8.56. The van der Waals surface area contributed by atoms with E-state index in [0.29, 0.717) is 24.5 Å². The van der Waals surface area contributed by atoms with Crippen LogP contribution in [0.1, 0.15) is 36.6 Å². The van der Waals surface area contributed by atoms with Gasteiger partial charge in [-0.3, -0.25) is 5.41 Å². The largest absolute Gasteiger partial charge is 0.494 e. The van der Waals surface area contributed by atoms with Gasteiger partial charge in [-0.15, -0.1) is 12.4 Å². The third kappa shape index (κ3) is 6.18. The second-order valence-corrected chi connectivity index (χ2v) is 5.83. The maximum absolute atomic E-state index is 12.5. The molecule has 2 rings (SSSR count). The molecule has 0 heterocycles. The zero-order valence-electron chi connectivity index (χ0n) is 15.7. The number of esters is 1. The van der Waals surface area contributed by atoms with Gasteiger partial charge in [0.2, 0.25) is 0 Å². The Bertz CT molecular complexity index is 779. The number of anilines is 1. The third-order valence-electron chi connectivity index (χ3n) is 3.75. The summed E-state index contributed by atoms with van der Waals surface area (Å²) in [6.07, 6.45) is 0. The fraction of sp³-hybridized carbons (Fsp3) is 0.300. The number of aryl methyl sites for hydroxylation is 1. The van der Waals surface area contributed by atoms with Gasteiger partial charge in [0.15, 0.2) is 6.04 Å². The van der Waals surface area contributed by atoms with Crippen molar-refractivity contribution < 1.29 is 14.3 Å². The summed E-state index contributed by atoms with van der Waals surface area (Å²) < 4.78 is 10.8. The van der Waals surface area contributed by atoms with Crippen LogP contribution in [0.4, 0.5) is 5.69 Å². The second-order valence-electron chi connectivity index (χ2n) is 5.83. The van der Waals surface area contributed by atoms with Crippen molar-refractivity contribution in [1.29, 1.82) is 5.41 Å². The number of ether oxygens (including phenoxy) is 2. The minimum Gasteiger partial charge on any atom is -0.494 e. The van der Waals surface area contributed by atoms with Crippen molar-refractivity contribution in [3.05, 3.63) is 59.2 Å². The fourth-order valence-electron chi connectivity index (χ4n) is 2.61. The molecule has 7 heteroatoms. The highest BCUT2D eigenvalue weighted by Crippen LogP contribution is 2.26. The van der Waals surface area contributed by atoms with E-state index in [-0.39, 0.29) is 24.2 Å². The topological polar surface area (TPSA) is 97.4 Å². The van der Waals surface area contributed by atoms with E-state index in [4.69, 9.17) is 20.6 Å². The zero-order valence-corrected chi connectivity index (χ0v) is 16.6. The average Bonchev–Trinajstić information content (AvgIpc) is 2.60. The molecule has 0 saturated heterocycles. The predicted molar refractivity (Wildman–Crippen MR) is 110 cm³/mol. The van der Waals surface area contributed by atoms with Gasteiger partial charge >= 0.3 is 5.97 Å². The van der Waals surface area contributed by atoms with Crippen LogP contribution in [0.15, 0.2) is 42.5 Å². The van der Waals surface area contributed by atoms with Crippen LogP contribution in [-0.4, -0.2) is 25.0 Å². The molecule has 0 aliphatic rings. The Morgan fingerprint density at radius 3 is 2.37 bits per heavy atom. The summed E-state index contributed by atoms with van der Waals surface area (Å²) in [5.74, 6) is 0.347. The van der Waals surface area contributed by atoms with Gasteiger partial charge in [-0.05, 0) is 68.3 Å². The maximum Gasteiger partial charge on any atom is 0.333 e. The van der Waals surface area contributed by atoms with Crippen molar-refractivity contribution in [3.63, 3.8) is 0 Å². The smallest absolute Gasteiger partial charge is 0.333 e. The molecule has 0 amide bonds. The van der Waals surface area contributed by atoms with Crippen molar-refractivity contribution in [2.75, 3.05) is 18.5 Å². The van der Waals surface area contributed by atoms with Crippen molar-refractivity contribution >= 4 is 29.9 Å². The number of carbonyl (C=O) groups is 1. The summed E-state index contributed by atoms with van der Waals surface area (Å²) in [5, 5.41) is 10.7. The van der Waals surface area contributed by atoms with E-state index in [2.05, 4.69) is 5.32 Å². The molecule has 0 aliphatic carbocycles. The van der Waals surface area contributed by atoms with Crippen LogP contribution in [0.5, 0.6) is 5.75 Å². The van der Waals surface area contributed by atoms with Crippen molar-refractivity contribution in [2.45, 2.75) is 26.8 Å². The van der Waals surface area contributed by atoms with E-state index in [1.807, 2.05) is 32.0 Å². The summed E-state index contributed by atoms with van der Waals surface area (Å²) in [4.78, 5) is 12.5. The third-order valence-corrected chi connectivity index (χ3v) is 3.75. The Labute approximate surface area is 166 Å². The standard InChI is InChI=1S/C20H25N3O3.ClH/c1-4-25-17-11-13(3)10-15(12-17)18(20(24)26-5-2)23-16-8-6-14(7-9-16)19(21)22;/h6-12,18,23H,4-5H2,1-3H3,(H3,21,22);1H. The Hall–Kier alpha value is -2.73. The molecule has 4 N–H and O–H groups in total. The Morgan fingerprint density at radius 1 is 1.15 bits per heavy atom. The number of nitrogens with one attached hydrogen (secondary N) is 2. The molecule has 2 aromatic carbocycles. The van der Waals surface area contributed by atoms with Gasteiger partial charge in [0, 0.05) is 11.3 Å². The molecule has 0 fully saturated rings. The van der Waals surface area contributed by atoms with E-state index in [9.17, 15) is 4.79 Å². The predicted octanol–water partition coefficient (Wildman–Crippen LogP) is 3.82. The Balaban J connectivity index is 0.00000364. The number of hydrogen-bond donors (Lipinski definition) is 3. The van der Waals surface area contributed by atoms with E-state index in [1.165, 1.54) is 0 Å². The molecule has 1 unspecified atom stereocenters. The van der Waals surface area contributed by atoms with Crippen molar-refractivity contribution in [3.8, 4) is 5.75 Å². The van der Waals surface area contributed by atoms with E-state index >= 15 is 0 Å². The number of rotatable bonds is 8. The van der Waals surface area contributed by atoms with Gasteiger partial charge in [-0.25, -0.2) is 4.79 Å². The molecule has 146 valence electrons. The number of hydrogen-bond acceptors (Lipinski definition) is 5. The quantitative estimate of drug-likeness (QED) is 0.361. The van der Waals surface area contributed by atoms with Gasteiger partial charge in [-0.2, -0.15) is 0 Å². The van der Waals surface area contributed by atoms with E-state index in [1.54, 1.807) is 31.2 Å². The number of carbonyl (C=O) groups excluding carboxylic acids is 1.